The molecule has 0 saturated heterocycles. The van der Waals surface area contributed by atoms with Crippen molar-refractivity contribution in [1.29, 1.82) is 0 Å². The number of carbonyl (C=O) groups is 1. The standard InChI is InChI=1S/C12H12ClN3OS/c1-7-5-15-10(18-7)6-16-12(17)8-3-2-4-9(13)11(8)14/h2-5H,6,14H2,1H3,(H,16,17). The molecule has 0 fully saturated rings. The van der Waals surface area contributed by atoms with Gasteiger partial charge in [0.1, 0.15) is 5.01 Å². The van der Waals surface area contributed by atoms with Gasteiger partial charge in [0.25, 0.3) is 5.91 Å². The minimum absolute atomic E-state index is 0.247. The summed E-state index contributed by atoms with van der Waals surface area (Å²) in [4.78, 5) is 17.2. The Hall–Kier alpha value is -1.59. The molecule has 6 heteroatoms. The third-order valence-corrected chi connectivity index (χ3v) is 3.61. The Labute approximate surface area is 114 Å². The summed E-state index contributed by atoms with van der Waals surface area (Å²) in [5.74, 6) is -0.247. The van der Waals surface area contributed by atoms with Crippen LogP contribution in [-0.2, 0) is 6.54 Å². The number of nitrogens with one attached hydrogen (secondary N) is 1. The molecular formula is C12H12ClN3OS. The summed E-state index contributed by atoms with van der Waals surface area (Å²) in [6.45, 7) is 2.36. The zero-order valence-corrected chi connectivity index (χ0v) is 11.3. The highest BCUT2D eigenvalue weighted by molar-refractivity contribution is 7.11. The summed E-state index contributed by atoms with van der Waals surface area (Å²) in [7, 11) is 0. The fraction of sp³-hybridized carbons (Fsp3) is 0.167. The van der Waals surface area contributed by atoms with E-state index in [1.54, 1.807) is 35.7 Å². The average Bonchev–Trinajstić information content (AvgIpc) is 2.76. The van der Waals surface area contributed by atoms with Crippen LogP contribution in [0.1, 0.15) is 20.2 Å². The zero-order chi connectivity index (χ0) is 13.1. The van der Waals surface area contributed by atoms with E-state index in [4.69, 9.17) is 17.3 Å². The van der Waals surface area contributed by atoms with Gasteiger partial charge in [-0.25, -0.2) is 4.98 Å². The summed E-state index contributed by atoms with van der Waals surface area (Å²) in [5.41, 5.74) is 6.43. The molecule has 4 nitrogen and oxygen atoms in total. The van der Waals surface area contributed by atoms with Crippen molar-refractivity contribution in [1.82, 2.24) is 10.3 Å². The van der Waals surface area contributed by atoms with Crippen LogP contribution in [0.15, 0.2) is 24.4 Å². The van der Waals surface area contributed by atoms with E-state index in [9.17, 15) is 4.79 Å². The number of amides is 1. The number of nitrogens with two attached hydrogens (primary N) is 1. The second-order valence-corrected chi connectivity index (χ2v) is 5.47. The second kappa shape index (κ2) is 5.37. The molecule has 94 valence electrons. The molecular weight excluding hydrogens is 270 g/mol. The predicted octanol–water partition coefficient (Wildman–Crippen LogP) is 2.62. The molecule has 2 rings (SSSR count). The molecule has 1 amide bonds. The van der Waals surface area contributed by atoms with Gasteiger partial charge < -0.3 is 11.1 Å². The van der Waals surface area contributed by atoms with Gasteiger partial charge >= 0.3 is 0 Å². The topological polar surface area (TPSA) is 68.0 Å². The van der Waals surface area contributed by atoms with E-state index in [0.29, 0.717) is 22.8 Å². The van der Waals surface area contributed by atoms with Gasteiger partial charge in [-0.1, -0.05) is 17.7 Å². The summed E-state index contributed by atoms with van der Waals surface area (Å²) >= 11 is 7.41. The van der Waals surface area contributed by atoms with Crippen LogP contribution in [0.25, 0.3) is 0 Å². The second-order valence-electron chi connectivity index (χ2n) is 3.75. The van der Waals surface area contributed by atoms with Gasteiger partial charge in [-0.05, 0) is 19.1 Å². The first kappa shape index (κ1) is 12.9. The third kappa shape index (κ3) is 2.80. The fourth-order valence-electron chi connectivity index (χ4n) is 1.47. The number of thiazole rings is 1. The first-order valence-corrected chi connectivity index (χ1v) is 6.51. The number of aryl methyl sites for hydroxylation is 1. The maximum Gasteiger partial charge on any atom is 0.253 e. The Bertz CT molecular complexity index is 582. The molecule has 0 aliphatic rings. The van der Waals surface area contributed by atoms with E-state index in [2.05, 4.69) is 10.3 Å². The summed E-state index contributed by atoms with van der Waals surface area (Å²) in [6.07, 6.45) is 1.78. The normalized spacial score (nSPS) is 10.3. The molecule has 0 saturated carbocycles. The number of hydrogen-bond acceptors (Lipinski definition) is 4. The molecule has 18 heavy (non-hydrogen) atoms. The smallest absolute Gasteiger partial charge is 0.253 e. The number of benzene rings is 1. The Morgan fingerprint density at radius 1 is 1.56 bits per heavy atom. The molecule has 2 aromatic rings. The summed E-state index contributed by atoms with van der Waals surface area (Å²) < 4.78 is 0. The number of anilines is 1. The molecule has 1 heterocycles. The molecule has 0 unspecified atom stereocenters. The van der Waals surface area contributed by atoms with Crippen molar-refractivity contribution in [3.05, 3.63) is 44.9 Å². The van der Waals surface area contributed by atoms with Crippen molar-refractivity contribution in [3.63, 3.8) is 0 Å². The van der Waals surface area contributed by atoms with Crippen LogP contribution in [0.3, 0.4) is 0 Å². The van der Waals surface area contributed by atoms with Gasteiger partial charge in [0.15, 0.2) is 0 Å². The quantitative estimate of drug-likeness (QED) is 0.850. The van der Waals surface area contributed by atoms with E-state index < -0.39 is 0 Å². The predicted molar refractivity (Wildman–Crippen MR) is 73.9 cm³/mol. The largest absolute Gasteiger partial charge is 0.397 e. The summed E-state index contributed by atoms with van der Waals surface area (Å²) in [6, 6.07) is 4.99. The van der Waals surface area contributed by atoms with Gasteiger partial charge in [-0.2, -0.15) is 0 Å². The van der Waals surface area contributed by atoms with Crippen LogP contribution in [0.4, 0.5) is 5.69 Å². The Balaban J connectivity index is 2.06. The molecule has 0 aliphatic carbocycles. The van der Waals surface area contributed by atoms with Crippen LogP contribution >= 0.6 is 22.9 Å². The number of para-hydroxylation sites is 1. The number of nitrogen functional groups attached to an aromatic ring is 1. The van der Waals surface area contributed by atoms with Crippen LogP contribution in [0.5, 0.6) is 0 Å². The van der Waals surface area contributed by atoms with Crippen molar-refractivity contribution < 1.29 is 4.79 Å². The van der Waals surface area contributed by atoms with Gasteiger partial charge in [-0.15, -0.1) is 11.3 Å². The number of hydrogen-bond donors (Lipinski definition) is 2. The first-order valence-electron chi connectivity index (χ1n) is 5.31. The van der Waals surface area contributed by atoms with Crippen LogP contribution in [0.2, 0.25) is 5.02 Å². The van der Waals surface area contributed by atoms with Crippen molar-refractivity contribution in [2.75, 3.05) is 5.73 Å². The number of aromatic nitrogens is 1. The minimum atomic E-state index is -0.247. The van der Waals surface area contributed by atoms with Crippen molar-refractivity contribution in [2.24, 2.45) is 0 Å². The molecule has 0 atom stereocenters. The van der Waals surface area contributed by atoms with E-state index in [1.165, 1.54) is 0 Å². The monoisotopic (exact) mass is 281 g/mol. The number of halogens is 1. The lowest BCUT2D eigenvalue weighted by molar-refractivity contribution is 0.0952. The zero-order valence-electron chi connectivity index (χ0n) is 9.74. The lowest BCUT2D eigenvalue weighted by Gasteiger charge is -2.07. The van der Waals surface area contributed by atoms with Gasteiger partial charge in [-0.3, -0.25) is 4.79 Å². The van der Waals surface area contributed by atoms with Crippen molar-refractivity contribution in [2.45, 2.75) is 13.5 Å². The van der Waals surface area contributed by atoms with Crippen LogP contribution < -0.4 is 11.1 Å². The molecule has 0 aliphatic heterocycles. The van der Waals surface area contributed by atoms with E-state index >= 15 is 0 Å². The van der Waals surface area contributed by atoms with Gasteiger partial charge in [0.05, 0.1) is 22.8 Å². The highest BCUT2D eigenvalue weighted by Crippen LogP contribution is 2.22. The summed E-state index contributed by atoms with van der Waals surface area (Å²) in [5, 5.41) is 4.01. The average molecular weight is 282 g/mol. The third-order valence-electron chi connectivity index (χ3n) is 2.37. The first-order chi connectivity index (χ1) is 8.58. The van der Waals surface area contributed by atoms with E-state index in [0.717, 1.165) is 9.88 Å². The lowest BCUT2D eigenvalue weighted by atomic mass is 10.1. The number of rotatable bonds is 3. The number of carbonyl (C=O) groups excluding carboxylic acids is 1. The molecule has 3 N–H and O–H groups in total. The molecule has 1 aromatic heterocycles. The maximum absolute atomic E-state index is 11.9. The highest BCUT2D eigenvalue weighted by atomic mass is 35.5. The SMILES string of the molecule is Cc1cnc(CNC(=O)c2cccc(Cl)c2N)s1. The number of nitrogens with zero attached hydrogens (tertiary/aromatic N) is 1. The Kier molecular flexibility index (Phi) is 3.84. The molecule has 0 bridgehead atoms. The van der Waals surface area contributed by atoms with Gasteiger partial charge in [0, 0.05) is 11.1 Å². The van der Waals surface area contributed by atoms with E-state index in [1.807, 2.05) is 6.92 Å². The fourth-order valence-corrected chi connectivity index (χ4v) is 2.37. The Morgan fingerprint density at radius 2 is 2.33 bits per heavy atom. The molecule has 1 aromatic carbocycles. The van der Waals surface area contributed by atoms with E-state index in [-0.39, 0.29) is 5.91 Å². The lowest BCUT2D eigenvalue weighted by Crippen LogP contribution is -2.23. The molecule has 0 radical (unpaired) electrons. The van der Waals surface area contributed by atoms with Crippen molar-refractivity contribution in [3.8, 4) is 0 Å². The van der Waals surface area contributed by atoms with Gasteiger partial charge in [0.2, 0.25) is 0 Å². The Morgan fingerprint density at radius 3 is 3.00 bits per heavy atom. The highest BCUT2D eigenvalue weighted by Gasteiger charge is 2.11. The van der Waals surface area contributed by atoms with Crippen LogP contribution in [-0.4, -0.2) is 10.9 Å². The maximum atomic E-state index is 11.9. The van der Waals surface area contributed by atoms with Crippen LogP contribution in [0, 0.1) is 6.92 Å². The van der Waals surface area contributed by atoms with Crippen molar-refractivity contribution >= 4 is 34.5 Å². The molecule has 0 spiro atoms. The minimum Gasteiger partial charge on any atom is -0.397 e.